The Kier molecular flexibility index (Phi) is 8.08. The number of thiocarbonyl (C=S) groups is 1. The van der Waals surface area contributed by atoms with Crippen molar-refractivity contribution in [3.8, 4) is 5.75 Å². The van der Waals surface area contributed by atoms with Gasteiger partial charge >= 0.3 is 5.97 Å². The summed E-state index contributed by atoms with van der Waals surface area (Å²) in [6.07, 6.45) is 6.29. The Balaban J connectivity index is 1.42. The van der Waals surface area contributed by atoms with Gasteiger partial charge in [-0.1, -0.05) is 87.4 Å². The van der Waals surface area contributed by atoms with Gasteiger partial charge in [0.25, 0.3) is 5.91 Å². The van der Waals surface area contributed by atoms with Gasteiger partial charge in [0.2, 0.25) is 5.76 Å². The van der Waals surface area contributed by atoms with E-state index in [2.05, 4.69) is 13.8 Å². The maximum atomic E-state index is 13.0. The highest BCUT2D eigenvalue weighted by atomic mass is 32.2. The summed E-state index contributed by atoms with van der Waals surface area (Å²) in [7, 11) is 0. The van der Waals surface area contributed by atoms with Crippen LogP contribution >= 0.6 is 24.0 Å². The molecule has 0 N–H and O–H groups in total. The van der Waals surface area contributed by atoms with Gasteiger partial charge in [0.05, 0.1) is 4.91 Å². The van der Waals surface area contributed by atoms with Crippen molar-refractivity contribution in [2.45, 2.75) is 46.5 Å². The number of unbranched alkanes of at least 4 members (excludes halogenated alkanes) is 1. The van der Waals surface area contributed by atoms with Crippen molar-refractivity contribution in [3.63, 3.8) is 0 Å². The molecule has 0 unspecified atom stereocenters. The number of carbonyl (C=O) groups excluding carboxylic acids is 2. The fraction of sp³-hybridized carbons (Fsp3) is 0.321. The Morgan fingerprint density at radius 3 is 2.60 bits per heavy atom. The second-order valence-corrected chi connectivity index (χ2v) is 10.4. The van der Waals surface area contributed by atoms with Crippen molar-refractivity contribution in [1.82, 2.24) is 4.90 Å². The number of esters is 1. The van der Waals surface area contributed by atoms with Gasteiger partial charge in [-0.3, -0.25) is 9.69 Å². The summed E-state index contributed by atoms with van der Waals surface area (Å²) in [5, 5.41) is 0.891. The quantitative estimate of drug-likeness (QED) is 0.130. The van der Waals surface area contributed by atoms with E-state index >= 15 is 0 Å². The Bertz CT molecular complexity index is 1280. The summed E-state index contributed by atoms with van der Waals surface area (Å²) in [4.78, 5) is 28.0. The number of benzene rings is 2. The molecule has 2 heterocycles. The SMILES string of the molecule is CCCC[C@H](CC)CN1C(=O)/C(=C\c2ccc(OC(=O)c3oc4ccccc4c3C)cc2)SC1=S. The third kappa shape index (κ3) is 5.68. The van der Waals surface area contributed by atoms with Gasteiger partial charge in [-0.25, -0.2) is 4.79 Å². The van der Waals surface area contributed by atoms with Crippen molar-refractivity contribution < 1.29 is 18.7 Å². The lowest BCUT2D eigenvalue weighted by Crippen LogP contribution is -2.33. The second-order valence-electron chi connectivity index (χ2n) is 8.72. The lowest BCUT2D eigenvalue weighted by atomic mass is 9.99. The Hall–Kier alpha value is -2.90. The molecule has 1 aromatic heterocycles. The number of amides is 1. The zero-order valence-electron chi connectivity index (χ0n) is 20.2. The Morgan fingerprint density at radius 2 is 1.91 bits per heavy atom. The first-order chi connectivity index (χ1) is 16.9. The minimum Gasteiger partial charge on any atom is -0.449 e. The van der Waals surface area contributed by atoms with Crippen LogP contribution in [0.4, 0.5) is 0 Å². The Labute approximate surface area is 215 Å². The van der Waals surface area contributed by atoms with Crippen LogP contribution in [-0.2, 0) is 4.79 Å². The molecule has 182 valence electrons. The maximum absolute atomic E-state index is 13.0. The summed E-state index contributed by atoms with van der Waals surface area (Å²) >= 11 is 6.84. The molecule has 2 aromatic carbocycles. The number of hydrogen-bond acceptors (Lipinski definition) is 6. The molecule has 0 radical (unpaired) electrons. The number of rotatable bonds is 9. The molecule has 1 aliphatic rings. The van der Waals surface area contributed by atoms with E-state index in [4.69, 9.17) is 21.4 Å². The number of thioether (sulfide) groups is 1. The maximum Gasteiger partial charge on any atom is 0.379 e. The number of fused-ring (bicyclic) bond motifs is 1. The largest absolute Gasteiger partial charge is 0.449 e. The van der Waals surface area contributed by atoms with Gasteiger partial charge in [0.1, 0.15) is 15.7 Å². The van der Waals surface area contributed by atoms with Crippen molar-refractivity contribution in [1.29, 1.82) is 0 Å². The molecule has 1 aliphatic heterocycles. The molecule has 35 heavy (non-hydrogen) atoms. The molecular weight excluding hydrogens is 478 g/mol. The number of furan rings is 1. The molecule has 1 saturated heterocycles. The third-order valence-electron chi connectivity index (χ3n) is 6.28. The van der Waals surface area contributed by atoms with E-state index in [-0.39, 0.29) is 11.7 Å². The van der Waals surface area contributed by atoms with E-state index in [0.29, 0.717) is 33.0 Å². The zero-order chi connectivity index (χ0) is 24.9. The number of hydrogen-bond donors (Lipinski definition) is 0. The molecule has 1 fully saturated rings. The fourth-order valence-electron chi connectivity index (χ4n) is 4.14. The minimum absolute atomic E-state index is 0.0363. The number of ether oxygens (including phenoxy) is 1. The number of nitrogens with zero attached hydrogens (tertiary/aromatic N) is 1. The predicted octanol–water partition coefficient (Wildman–Crippen LogP) is 7.38. The van der Waals surface area contributed by atoms with Crippen LogP contribution in [0.2, 0.25) is 0 Å². The standard InChI is InChI=1S/C28H29NO4S2/c1-4-6-9-19(5-2)17-29-26(30)24(35-28(29)34)16-20-12-14-21(15-13-20)32-27(31)25-18(3)22-10-7-8-11-23(22)33-25/h7-8,10-16,19H,4-6,9,17H2,1-3H3/b24-16+/t19-/m0/s1. The molecule has 7 heteroatoms. The van der Waals surface area contributed by atoms with E-state index in [0.717, 1.165) is 42.2 Å². The molecule has 1 amide bonds. The smallest absolute Gasteiger partial charge is 0.379 e. The predicted molar refractivity (Wildman–Crippen MR) is 146 cm³/mol. The van der Waals surface area contributed by atoms with Crippen LogP contribution in [0, 0.1) is 12.8 Å². The third-order valence-corrected chi connectivity index (χ3v) is 7.65. The molecule has 0 aliphatic carbocycles. The first-order valence-electron chi connectivity index (χ1n) is 12.0. The van der Waals surface area contributed by atoms with Crippen molar-refractivity contribution in [2.24, 2.45) is 5.92 Å². The first-order valence-corrected chi connectivity index (χ1v) is 13.2. The lowest BCUT2D eigenvalue weighted by Gasteiger charge is -2.21. The van der Waals surface area contributed by atoms with Crippen LogP contribution in [0.1, 0.15) is 61.2 Å². The van der Waals surface area contributed by atoms with E-state index < -0.39 is 5.97 Å². The average molecular weight is 508 g/mol. The summed E-state index contributed by atoms with van der Waals surface area (Å²) in [5.74, 6) is 0.484. The highest BCUT2D eigenvalue weighted by Gasteiger charge is 2.33. The Morgan fingerprint density at radius 1 is 1.17 bits per heavy atom. The molecule has 5 nitrogen and oxygen atoms in total. The van der Waals surface area contributed by atoms with Crippen LogP contribution < -0.4 is 4.74 Å². The molecule has 4 rings (SSSR count). The molecule has 1 atom stereocenters. The zero-order valence-corrected chi connectivity index (χ0v) is 21.8. The van der Waals surface area contributed by atoms with Gasteiger partial charge in [0.15, 0.2) is 0 Å². The fourth-order valence-corrected chi connectivity index (χ4v) is 5.41. The van der Waals surface area contributed by atoms with E-state index in [1.807, 2.05) is 49.4 Å². The topological polar surface area (TPSA) is 59.8 Å². The van der Waals surface area contributed by atoms with Crippen molar-refractivity contribution >= 4 is 57.2 Å². The summed E-state index contributed by atoms with van der Waals surface area (Å²) < 4.78 is 11.8. The number of aryl methyl sites for hydroxylation is 1. The second kappa shape index (κ2) is 11.2. The van der Waals surface area contributed by atoms with Gasteiger partial charge in [-0.15, -0.1) is 0 Å². The highest BCUT2D eigenvalue weighted by Crippen LogP contribution is 2.34. The van der Waals surface area contributed by atoms with E-state index in [1.165, 1.54) is 11.8 Å². The minimum atomic E-state index is -0.541. The normalized spacial score (nSPS) is 15.9. The van der Waals surface area contributed by atoms with Gasteiger partial charge in [-0.2, -0.15) is 0 Å². The van der Waals surface area contributed by atoms with E-state index in [9.17, 15) is 9.59 Å². The van der Waals surface area contributed by atoms with Gasteiger partial charge < -0.3 is 9.15 Å². The molecular formula is C28H29NO4S2. The highest BCUT2D eigenvalue weighted by molar-refractivity contribution is 8.26. The summed E-state index contributed by atoms with van der Waals surface area (Å²) in [5.41, 5.74) is 2.24. The van der Waals surface area contributed by atoms with Crippen LogP contribution in [0.25, 0.3) is 17.0 Å². The molecule has 3 aromatic rings. The summed E-state index contributed by atoms with van der Waals surface area (Å²) in [6, 6.07) is 14.6. The van der Waals surface area contributed by atoms with Gasteiger partial charge in [0, 0.05) is 17.5 Å². The first kappa shape index (κ1) is 25.2. The summed E-state index contributed by atoms with van der Waals surface area (Å²) in [6.45, 7) is 6.86. The van der Waals surface area contributed by atoms with Crippen LogP contribution in [0.3, 0.4) is 0 Å². The average Bonchev–Trinajstić information content (AvgIpc) is 3.33. The van der Waals surface area contributed by atoms with Crippen LogP contribution in [0.15, 0.2) is 57.9 Å². The van der Waals surface area contributed by atoms with Crippen LogP contribution in [0.5, 0.6) is 5.75 Å². The molecule has 0 saturated carbocycles. The van der Waals surface area contributed by atoms with Crippen molar-refractivity contribution in [3.05, 3.63) is 70.3 Å². The van der Waals surface area contributed by atoms with Crippen molar-refractivity contribution in [2.75, 3.05) is 6.54 Å². The number of para-hydroxylation sites is 1. The van der Waals surface area contributed by atoms with E-state index in [1.54, 1.807) is 17.0 Å². The van der Waals surface area contributed by atoms with Gasteiger partial charge in [-0.05, 0) is 49.1 Å². The molecule has 0 bridgehead atoms. The van der Waals surface area contributed by atoms with Crippen LogP contribution in [-0.4, -0.2) is 27.6 Å². The molecule has 0 spiro atoms. The number of carbonyl (C=O) groups is 2. The lowest BCUT2D eigenvalue weighted by molar-refractivity contribution is -0.122. The monoisotopic (exact) mass is 507 g/mol.